The van der Waals surface area contributed by atoms with Gasteiger partial charge in [-0.15, -0.1) is 0 Å². The predicted octanol–water partition coefficient (Wildman–Crippen LogP) is 2.86. The van der Waals surface area contributed by atoms with Crippen LogP contribution in [-0.2, 0) is 11.2 Å². The minimum Gasteiger partial charge on any atom is -0.481 e. The molecule has 1 aromatic carbocycles. The zero-order valence-electron chi connectivity index (χ0n) is 9.05. The zero-order valence-corrected chi connectivity index (χ0v) is 9.05. The number of ether oxygens (including phenoxy) is 1. The van der Waals surface area contributed by atoms with Crippen molar-refractivity contribution in [2.45, 2.75) is 27.2 Å². The number of benzene rings is 1. The van der Waals surface area contributed by atoms with Crippen molar-refractivity contribution in [2.75, 3.05) is 6.61 Å². The molecule has 0 aromatic heterocycles. The van der Waals surface area contributed by atoms with Crippen molar-refractivity contribution < 1.29 is 4.74 Å². The van der Waals surface area contributed by atoms with E-state index in [-0.39, 0.29) is 0 Å². The Hall–Kier alpha value is -1.31. The number of aryl methyl sites for hydroxylation is 2. The van der Waals surface area contributed by atoms with Crippen LogP contribution in [0.4, 0.5) is 0 Å². The fraction of sp³-hybridized carbons (Fsp3) is 0.417. The summed E-state index contributed by atoms with van der Waals surface area (Å²) in [6.07, 6.45) is 0.592. The first kappa shape index (κ1) is 10.8. The van der Waals surface area contributed by atoms with Crippen LogP contribution in [0.15, 0.2) is 18.2 Å². The maximum absolute atomic E-state index is 7.53. The van der Waals surface area contributed by atoms with Crippen molar-refractivity contribution in [2.24, 2.45) is 0 Å². The van der Waals surface area contributed by atoms with E-state index in [1.165, 1.54) is 11.1 Å². The molecule has 0 atom stereocenters. The van der Waals surface area contributed by atoms with Gasteiger partial charge >= 0.3 is 0 Å². The highest BCUT2D eigenvalue weighted by atomic mass is 16.5. The Morgan fingerprint density at radius 2 is 2.00 bits per heavy atom. The molecule has 1 aromatic rings. The number of hydrogen-bond acceptors (Lipinski definition) is 2. The van der Waals surface area contributed by atoms with E-state index in [0.717, 1.165) is 5.56 Å². The Balaban J connectivity index is 2.68. The van der Waals surface area contributed by atoms with Crippen LogP contribution < -0.4 is 0 Å². The molecule has 0 unspecified atom stereocenters. The van der Waals surface area contributed by atoms with Crippen molar-refractivity contribution in [3.05, 3.63) is 34.9 Å². The van der Waals surface area contributed by atoms with E-state index in [2.05, 4.69) is 32.0 Å². The highest BCUT2D eigenvalue weighted by Gasteiger charge is 2.01. The van der Waals surface area contributed by atoms with Gasteiger partial charge in [-0.25, -0.2) is 0 Å². The SMILES string of the molecule is CCOC(=N)Cc1ccc(C)c(C)c1. The molecule has 0 amide bonds. The summed E-state index contributed by atoms with van der Waals surface area (Å²) in [6.45, 7) is 6.65. The van der Waals surface area contributed by atoms with Gasteiger partial charge in [-0.3, -0.25) is 5.41 Å². The van der Waals surface area contributed by atoms with E-state index in [4.69, 9.17) is 10.1 Å². The second kappa shape index (κ2) is 4.80. The summed E-state index contributed by atoms with van der Waals surface area (Å²) in [6, 6.07) is 6.25. The third-order valence-corrected chi connectivity index (χ3v) is 2.25. The van der Waals surface area contributed by atoms with Gasteiger partial charge in [0.25, 0.3) is 0 Å². The molecule has 0 saturated carbocycles. The van der Waals surface area contributed by atoms with E-state index in [1.807, 2.05) is 6.92 Å². The summed E-state index contributed by atoms with van der Waals surface area (Å²) in [7, 11) is 0. The topological polar surface area (TPSA) is 33.1 Å². The third-order valence-electron chi connectivity index (χ3n) is 2.25. The smallest absolute Gasteiger partial charge is 0.184 e. The van der Waals surface area contributed by atoms with Crippen LogP contribution in [0, 0.1) is 19.3 Å². The average molecular weight is 191 g/mol. The Morgan fingerprint density at radius 3 is 2.57 bits per heavy atom. The van der Waals surface area contributed by atoms with Gasteiger partial charge in [0.2, 0.25) is 0 Å². The molecule has 2 nitrogen and oxygen atoms in total. The lowest BCUT2D eigenvalue weighted by Gasteiger charge is -2.06. The van der Waals surface area contributed by atoms with Crippen molar-refractivity contribution >= 4 is 5.90 Å². The van der Waals surface area contributed by atoms with E-state index in [9.17, 15) is 0 Å². The van der Waals surface area contributed by atoms with E-state index >= 15 is 0 Å². The van der Waals surface area contributed by atoms with Crippen molar-refractivity contribution in [3.8, 4) is 0 Å². The molecule has 0 aliphatic heterocycles. The van der Waals surface area contributed by atoms with Gasteiger partial charge in [-0.05, 0) is 37.5 Å². The maximum atomic E-state index is 7.53. The lowest BCUT2D eigenvalue weighted by molar-refractivity contribution is 0.317. The Labute approximate surface area is 85.4 Å². The Morgan fingerprint density at radius 1 is 1.29 bits per heavy atom. The normalized spacial score (nSPS) is 9.93. The molecular formula is C12H17NO. The zero-order chi connectivity index (χ0) is 10.6. The fourth-order valence-corrected chi connectivity index (χ4v) is 1.32. The van der Waals surface area contributed by atoms with Crippen LogP contribution in [-0.4, -0.2) is 12.5 Å². The van der Waals surface area contributed by atoms with Crippen LogP contribution >= 0.6 is 0 Å². The largest absolute Gasteiger partial charge is 0.481 e. The van der Waals surface area contributed by atoms with Gasteiger partial charge < -0.3 is 4.74 Å². The Bertz CT molecular complexity index is 331. The first-order valence-electron chi connectivity index (χ1n) is 4.90. The molecule has 0 fully saturated rings. The summed E-state index contributed by atoms with van der Waals surface area (Å²) < 4.78 is 5.10. The van der Waals surface area contributed by atoms with Crippen LogP contribution in [0.3, 0.4) is 0 Å². The number of hydrogen-bond donors (Lipinski definition) is 1. The quantitative estimate of drug-likeness (QED) is 0.578. The average Bonchev–Trinajstić information content (AvgIpc) is 2.12. The summed E-state index contributed by atoms with van der Waals surface area (Å²) in [4.78, 5) is 0. The van der Waals surface area contributed by atoms with Crippen LogP contribution in [0.2, 0.25) is 0 Å². The highest BCUT2D eigenvalue weighted by Crippen LogP contribution is 2.10. The fourth-order valence-electron chi connectivity index (χ4n) is 1.32. The van der Waals surface area contributed by atoms with Gasteiger partial charge in [0.15, 0.2) is 5.90 Å². The maximum Gasteiger partial charge on any atom is 0.184 e. The van der Waals surface area contributed by atoms with Gasteiger partial charge in [-0.1, -0.05) is 18.2 Å². The van der Waals surface area contributed by atoms with Gasteiger partial charge in [0.1, 0.15) is 0 Å². The molecule has 0 radical (unpaired) electrons. The molecule has 14 heavy (non-hydrogen) atoms. The summed E-state index contributed by atoms with van der Waals surface area (Å²) in [5.74, 6) is 0.343. The lowest BCUT2D eigenvalue weighted by Crippen LogP contribution is -2.06. The molecule has 0 saturated heterocycles. The van der Waals surface area contributed by atoms with Gasteiger partial charge in [0, 0.05) is 6.42 Å². The van der Waals surface area contributed by atoms with Crippen LogP contribution in [0.5, 0.6) is 0 Å². The van der Waals surface area contributed by atoms with Crippen molar-refractivity contribution in [1.82, 2.24) is 0 Å². The highest BCUT2D eigenvalue weighted by molar-refractivity contribution is 5.75. The molecule has 0 aliphatic rings. The summed E-state index contributed by atoms with van der Waals surface area (Å²) in [5, 5.41) is 7.53. The van der Waals surface area contributed by atoms with Crippen LogP contribution in [0.1, 0.15) is 23.6 Å². The molecule has 2 heteroatoms. The second-order valence-electron chi connectivity index (χ2n) is 3.45. The predicted molar refractivity (Wildman–Crippen MR) is 59.0 cm³/mol. The van der Waals surface area contributed by atoms with Gasteiger partial charge in [0.05, 0.1) is 6.61 Å². The number of nitrogens with one attached hydrogen (secondary N) is 1. The second-order valence-corrected chi connectivity index (χ2v) is 3.45. The Kier molecular flexibility index (Phi) is 3.69. The third kappa shape index (κ3) is 2.87. The summed E-state index contributed by atoms with van der Waals surface area (Å²) >= 11 is 0. The molecule has 0 aliphatic carbocycles. The number of rotatable bonds is 3. The van der Waals surface area contributed by atoms with E-state index in [1.54, 1.807) is 0 Å². The molecular weight excluding hydrogens is 174 g/mol. The van der Waals surface area contributed by atoms with Crippen molar-refractivity contribution in [3.63, 3.8) is 0 Å². The van der Waals surface area contributed by atoms with Gasteiger partial charge in [-0.2, -0.15) is 0 Å². The molecule has 1 rings (SSSR count). The first-order valence-corrected chi connectivity index (χ1v) is 4.90. The monoisotopic (exact) mass is 191 g/mol. The van der Waals surface area contributed by atoms with E-state index in [0.29, 0.717) is 18.9 Å². The summed E-state index contributed by atoms with van der Waals surface area (Å²) in [5.41, 5.74) is 3.70. The molecule has 1 N–H and O–H groups in total. The molecule has 76 valence electrons. The minimum atomic E-state index is 0.343. The van der Waals surface area contributed by atoms with E-state index < -0.39 is 0 Å². The molecule has 0 spiro atoms. The standard InChI is InChI=1S/C12H17NO/c1-4-14-12(13)8-11-6-5-9(2)10(3)7-11/h5-7,13H,4,8H2,1-3H3. The van der Waals surface area contributed by atoms with Crippen LogP contribution in [0.25, 0.3) is 0 Å². The molecule has 0 bridgehead atoms. The minimum absolute atomic E-state index is 0.343. The first-order chi connectivity index (χ1) is 6.63. The lowest BCUT2D eigenvalue weighted by atomic mass is 10.0. The van der Waals surface area contributed by atoms with Crippen molar-refractivity contribution in [1.29, 1.82) is 5.41 Å². The molecule has 0 heterocycles.